The molecule has 0 saturated carbocycles. The second-order valence-electron chi connectivity index (χ2n) is 7.26. The van der Waals surface area contributed by atoms with Crippen molar-refractivity contribution >= 4 is 35.1 Å². The average molecular weight is 493 g/mol. The van der Waals surface area contributed by atoms with Gasteiger partial charge in [-0.25, -0.2) is 4.79 Å². The summed E-state index contributed by atoms with van der Waals surface area (Å²) in [5.41, 5.74) is 3.94. The average Bonchev–Trinajstić information content (AvgIpc) is 3.27. The molecule has 0 unspecified atom stereocenters. The van der Waals surface area contributed by atoms with Crippen molar-refractivity contribution in [1.29, 1.82) is 0 Å². The molecule has 12 heteroatoms. The van der Waals surface area contributed by atoms with E-state index >= 15 is 0 Å². The molecule has 0 fully saturated rings. The van der Waals surface area contributed by atoms with Crippen LogP contribution < -0.4 is 10.4 Å². The SMILES string of the molecule is O=C1NCCc2[nH]c(-c3ccnc(-c4ccc(N(OC(=O)C(F)(F)F)C(=O)CCl)cc4)c3)cc21. The maximum absolute atomic E-state index is 12.6. The first-order valence-electron chi connectivity index (χ1n) is 9.92. The van der Waals surface area contributed by atoms with Gasteiger partial charge in [-0.2, -0.15) is 13.2 Å². The van der Waals surface area contributed by atoms with Gasteiger partial charge in [0, 0.05) is 41.7 Å². The van der Waals surface area contributed by atoms with E-state index in [0.717, 1.165) is 17.0 Å². The normalized spacial score (nSPS) is 13.1. The fraction of sp³-hybridized carbons (Fsp3) is 0.182. The first-order chi connectivity index (χ1) is 16.2. The molecule has 0 saturated heterocycles. The first-order valence-corrected chi connectivity index (χ1v) is 10.5. The van der Waals surface area contributed by atoms with Crippen LogP contribution in [0.5, 0.6) is 0 Å². The number of benzene rings is 1. The Morgan fingerprint density at radius 2 is 1.85 bits per heavy atom. The van der Waals surface area contributed by atoms with Crippen LogP contribution >= 0.6 is 11.6 Å². The zero-order chi connectivity index (χ0) is 24.5. The van der Waals surface area contributed by atoms with Crippen LogP contribution in [0.4, 0.5) is 18.9 Å². The molecule has 0 bridgehead atoms. The standard InChI is InChI=1S/C22H16ClF3N4O4/c23-11-19(31)30(34-21(33)22(24,25)26)14-3-1-12(2-4-14)17-9-13(5-7-27-17)18-10-15-16(29-18)6-8-28-20(15)32/h1-5,7,9-10,29H,6,8,11H2,(H,28,32). The van der Waals surface area contributed by atoms with E-state index in [9.17, 15) is 27.6 Å². The molecule has 1 aliphatic heterocycles. The van der Waals surface area contributed by atoms with Crippen molar-refractivity contribution in [3.05, 3.63) is 59.9 Å². The number of pyridine rings is 1. The molecule has 1 aliphatic rings. The predicted molar refractivity (Wildman–Crippen MR) is 116 cm³/mol. The van der Waals surface area contributed by atoms with Gasteiger partial charge < -0.3 is 15.1 Å². The van der Waals surface area contributed by atoms with Gasteiger partial charge in [-0.05, 0) is 30.3 Å². The predicted octanol–water partition coefficient (Wildman–Crippen LogP) is 3.62. The summed E-state index contributed by atoms with van der Waals surface area (Å²) in [6, 6.07) is 10.9. The molecule has 0 aliphatic carbocycles. The number of aromatic nitrogens is 2. The molecule has 1 aromatic carbocycles. The van der Waals surface area contributed by atoms with Gasteiger partial charge in [0.05, 0.1) is 16.9 Å². The van der Waals surface area contributed by atoms with Crippen molar-refractivity contribution in [1.82, 2.24) is 15.3 Å². The van der Waals surface area contributed by atoms with Gasteiger partial charge >= 0.3 is 12.1 Å². The molecule has 3 aromatic rings. The van der Waals surface area contributed by atoms with Crippen molar-refractivity contribution < 1.29 is 32.4 Å². The quantitative estimate of drug-likeness (QED) is 0.427. The van der Waals surface area contributed by atoms with Crippen LogP contribution in [0.15, 0.2) is 48.7 Å². The molecular weight excluding hydrogens is 477 g/mol. The van der Waals surface area contributed by atoms with Crippen LogP contribution in [0.1, 0.15) is 16.1 Å². The Labute approximate surface area is 195 Å². The number of hydrogen-bond donors (Lipinski definition) is 2. The number of carbonyl (C=O) groups is 3. The first kappa shape index (κ1) is 23.3. The van der Waals surface area contributed by atoms with Gasteiger partial charge in [0.15, 0.2) is 0 Å². The number of H-pyrrole nitrogens is 1. The van der Waals surface area contributed by atoms with Crippen LogP contribution in [-0.4, -0.2) is 46.4 Å². The summed E-state index contributed by atoms with van der Waals surface area (Å²) in [4.78, 5) is 46.9. The lowest BCUT2D eigenvalue weighted by atomic mass is 10.1. The fourth-order valence-electron chi connectivity index (χ4n) is 3.41. The fourth-order valence-corrected chi connectivity index (χ4v) is 3.52. The second kappa shape index (κ2) is 9.18. The summed E-state index contributed by atoms with van der Waals surface area (Å²) >= 11 is 5.44. The third kappa shape index (κ3) is 4.74. The molecule has 2 N–H and O–H groups in total. The van der Waals surface area contributed by atoms with Gasteiger partial charge in [-0.1, -0.05) is 12.1 Å². The molecule has 8 nitrogen and oxygen atoms in total. The van der Waals surface area contributed by atoms with Gasteiger partial charge in [0.2, 0.25) is 0 Å². The second-order valence-corrected chi connectivity index (χ2v) is 7.52. The zero-order valence-electron chi connectivity index (χ0n) is 17.3. The largest absolute Gasteiger partial charge is 0.493 e. The highest BCUT2D eigenvalue weighted by atomic mass is 35.5. The van der Waals surface area contributed by atoms with Crippen molar-refractivity contribution in [2.45, 2.75) is 12.6 Å². The van der Waals surface area contributed by atoms with Gasteiger partial charge in [0.1, 0.15) is 5.88 Å². The Balaban J connectivity index is 1.60. The summed E-state index contributed by atoms with van der Waals surface area (Å²) in [5.74, 6) is -4.44. The smallest absolute Gasteiger partial charge is 0.358 e. The number of amides is 2. The third-order valence-electron chi connectivity index (χ3n) is 5.02. The van der Waals surface area contributed by atoms with Gasteiger partial charge in [-0.15, -0.1) is 16.7 Å². The van der Waals surface area contributed by atoms with E-state index in [1.165, 1.54) is 24.3 Å². The number of aromatic amines is 1. The summed E-state index contributed by atoms with van der Waals surface area (Å²) in [7, 11) is 0. The van der Waals surface area contributed by atoms with Crippen molar-refractivity contribution in [2.24, 2.45) is 0 Å². The molecule has 2 amide bonds. The Kier molecular flexibility index (Phi) is 6.29. The number of nitrogens with one attached hydrogen (secondary N) is 2. The van der Waals surface area contributed by atoms with Crippen LogP contribution in [0.2, 0.25) is 0 Å². The van der Waals surface area contributed by atoms with E-state index in [-0.39, 0.29) is 16.7 Å². The minimum Gasteiger partial charge on any atom is -0.358 e. The lowest BCUT2D eigenvalue weighted by molar-refractivity contribution is -0.201. The monoisotopic (exact) mass is 492 g/mol. The molecule has 176 valence electrons. The number of alkyl halides is 4. The van der Waals surface area contributed by atoms with E-state index in [1.54, 1.807) is 24.4 Å². The van der Waals surface area contributed by atoms with Crippen LogP contribution in [-0.2, 0) is 20.8 Å². The number of fused-ring (bicyclic) bond motifs is 1. The number of hydrogen-bond acceptors (Lipinski definition) is 5. The minimum absolute atomic E-state index is 0.119. The van der Waals surface area contributed by atoms with Crippen molar-refractivity contribution in [2.75, 3.05) is 17.5 Å². The summed E-state index contributed by atoms with van der Waals surface area (Å²) in [6.07, 6.45) is -3.02. The van der Waals surface area contributed by atoms with E-state index in [0.29, 0.717) is 29.8 Å². The summed E-state index contributed by atoms with van der Waals surface area (Å²) < 4.78 is 37.7. The van der Waals surface area contributed by atoms with E-state index in [2.05, 4.69) is 20.1 Å². The molecule has 4 rings (SSSR count). The molecule has 0 atom stereocenters. The van der Waals surface area contributed by atoms with E-state index in [1.807, 2.05) is 0 Å². The minimum atomic E-state index is -5.28. The lowest BCUT2D eigenvalue weighted by Gasteiger charge is -2.21. The number of anilines is 1. The molecule has 0 radical (unpaired) electrons. The van der Waals surface area contributed by atoms with Crippen LogP contribution in [0.25, 0.3) is 22.5 Å². The summed E-state index contributed by atoms with van der Waals surface area (Å²) in [6.45, 7) is 0.557. The lowest BCUT2D eigenvalue weighted by Crippen LogP contribution is -2.39. The molecule has 3 heterocycles. The van der Waals surface area contributed by atoms with Gasteiger partial charge in [-0.3, -0.25) is 14.6 Å². The highest BCUT2D eigenvalue weighted by Crippen LogP contribution is 2.29. The molecule has 34 heavy (non-hydrogen) atoms. The van der Waals surface area contributed by atoms with Crippen molar-refractivity contribution in [3.8, 4) is 22.5 Å². The van der Waals surface area contributed by atoms with Crippen LogP contribution in [0, 0.1) is 0 Å². The maximum atomic E-state index is 12.6. The summed E-state index contributed by atoms with van der Waals surface area (Å²) in [5, 5.41) is 2.98. The Bertz CT molecular complexity index is 1260. The van der Waals surface area contributed by atoms with E-state index < -0.39 is 23.9 Å². The zero-order valence-corrected chi connectivity index (χ0v) is 18.0. The molecule has 2 aromatic heterocycles. The molecular formula is C22H16ClF3N4O4. The number of carbonyl (C=O) groups excluding carboxylic acids is 3. The molecule has 0 spiro atoms. The third-order valence-corrected chi connectivity index (χ3v) is 5.25. The highest BCUT2D eigenvalue weighted by molar-refractivity contribution is 6.29. The van der Waals surface area contributed by atoms with Crippen LogP contribution in [0.3, 0.4) is 0 Å². The van der Waals surface area contributed by atoms with E-state index in [4.69, 9.17) is 11.6 Å². The number of halogens is 4. The number of hydroxylamine groups is 1. The topological polar surface area (TPSA) is 104 Å². The Morgan fingerprint density at radius 3 is 2.50 bits per heavy atom. The number of rotatable bonds is 4. The number of nitrogens with zero attached hydrogens (tertiary/aromatic N) is 2. The Hall–Kier alpha value is -3.86. The Morgan fingerprint density at radius 1 is 1.12 bits per heavy atom. The highest BCUT2D eigenvalue weighted by Gasteiger charge is 2.43. The van der Waals surface area contributed by atoms with Gasteiger partial charge in [0.25, 0.3) is 11.8 Å². The maximum Gasteiger partial charge on any atom is 0.493 e. The van der Waals surface area contributed by atoms with Crippen molar-refractivity contribution in [3.63, 3.8) is 0 Å².